The van der Waals surface area contributed by atoms with E-state index in [1.54, 1.807) is 28.9 Å². The minimum absolute atomic E-state index is 0.169. The van der Waals surface area contributed by atoms with Gasteiger partial charge in [-0.2, -0.15) is 0 Å². The van der Waals surface area contributed by atoms with E-state index in [0.29, 0.717) is 12.4 Å². The number of carbonyl (C=O) groups excluding carboxylic acids is 1. The van der Waals surface area contributed by atoms with Crippen LogP contribution in [-0.4, -0.2) is 69.9 Å². The van der Waals surface area contributed by atoms with Gasteiger partial charge in [0.25, 0.3) is 0 Å². The van der Waals surface area contributed by atoms with Crippen molar-refractivity contribution in [2.75, 3.05) is 32.1 Å². The quantitative estimate of drug-likeness (QED) is 0.144. The van der Waals surface area contributed by atoms with Gasteiger partial charge >= 0.3 is 0 Å². The Hall–Kier alpha value is -5.55. The Morgan fingerprint density at radius 1 is 0.963 bits per heavy atom. The van der Waals surface area contributed by atoms with Crippen LogP contribution in [0.4, 0.5) is 20.3 Å². The number of pyridine rings is 2. The number of amides is 1. The summed E-state index contributed by atoms with van der Waals surface area (Å²) in [7, 11) is 4.05. The molecule has 0 saturated heterocycles. The molecule has 3 aromatic heterocycles. The number of hydrogen-bond acceptors (Lipinski definition) is 7. The van der Waals surface area contributed by atoms with Crippen LogP contribution in [0, 0.1) is 11.6 Å². The molecule has 11 heteroatoms. The zero-order valence-corrected chi connectivity index (χ0v) is 31.9. The third-order valence-electron chi connectivity index (χ3n) is 9.33. The van der Waals surface area contributed by atoms with Crippen molar-refractivity contribution in [3.8, 4) is 16.9 Å². The maximum absolute atomic E-state index is 14.7. The Morgan fingerprint density at radius 3 is 2.43 bits per heavy atom. The number of aromatic nitrogens is 3. The summed E-state index contributed by atoms with van der Waals surface area (Å²) in [6.45, 7) is 12.1. The summed E-state index contributed by atoms with van der Waals surface area (Å²) in [5, 5.41) is 2.94. The number of ether oxygens (including phenoxy) is 1. The van der Waals surface area contributed by atoms with Gasteiger partial charge in [-0.25, -0.2) is 18.7 Å². The highest BCUT2D eigenvalue weighted by molar-refractivity contribution is 5.85. The fraction of sp³-hybridized carbons (Fsp3) is 0.326. The Balaban J connectivity index is 0.000000397. The molecular weight excluding hydrogens is 685 g/mol. The number of imidazole rings is 1. The molecule has 1 N–H and O–H groups in total. The first-order valence-electron chi connectivity index (χ1n) is 18.7. The first-order valence-corrected chi connectivity index (χ1v) is 18.7. The molecule has 2 aliphatic rings. The predicted molar refractivity (Wildman–Crippen MR) is 213 cm³/mol. The molecule has 0 radical (unpaired) electrons. The fourth-order valence-electron chi connectivity index (χ4n) is 6.78. The molecule has 1 aliphatic heterocycles. The Labute approximate surface area is 317 Å². The Bertz CT molecular complexity index is 2020. The Morgan fingerprint density at radius 2 is 1.72 bits per heavy atom. The molecule has 4 heterocycles. The van der Waals surface area contributed by atoms with E-state index in [2.05, 4.69) is 68.9 Å². The van der Waals surface area contributed by atoms with Crippen LogP contribution < -0.4 is 15.0 Å². The second kappa shape index (κ2) is 19.0. The lowest BCUT2D eigenvalue weighted by Crippen LogP contribution is -2.46. The van der Waals surface area contributed by atoms with Gasteiger partial charge in [-0.3, -0.25) is 9.69 Å². The molecule has 1 amide bonds. The lowest BCUT2D eigenvalue weighted by Gasteiger charge is -2.47. The van der Waals surface area contributed by atoms with Crippen LogP contribution in [0.3, 0.4) is 0 Å². The van der Waals surface area contributed by atoms with Gasteiger partial charge < -0.3 is 24.3 Å². The average molecular weight is 736 g/mol. The van der Waals surface area contributed by atoms with Crippen molar-refractivity contribution in [2.24, 2.45) is 0 Å². The van der Waals surface area contributed by atoms with Gasteiger partial charge in [-0.05, 0) is 99.8 Å². The summed E-state index contributed by atoms with van der Waals surface area (Å²) >= 11 is 0. The molecule has 54 heavy (non-hydrogen) atoms. The summed E-state index contributed by atoms with van der Waals surface area (Å²) in [5.74, 6) is 1.67. The highest BCUT2D eigenvalue weighted by Gasteiger charge is 2.37. The molecule has 0 bridgehead atoms. The number of rotatable bonds is 10. The topological polar surface area (TPSA) is 78.2 Å². The van der Waals surface area contributed by atoms with Gasteiger partial charge in [-0.15, -0.1) is 0 Å². The van der Waals surface area contributed by atoms with Gasteiger partial charge in [-0.1, -0.05) is 57.7 Å². The summed E-state index contributed by atoms with van der Waals surface area (Å²) < 4.78 is 34.6. The minimum atomic E-state index is -0.372. The molecule has 0 atom stereocenters. The van der Waals surface area contributed by atoms with E-state index >= 15 is 0 Å². The Kier molecular flexibility index (Phi) is 13.9. The van der Waals surface area contributed by atoms with Crippen molar-refractivity contribution >= 4 is 29.3 Å². The van der Waals surface area contributed by atoms with Crippen LogP contribution >= 0.6 is 0 Å². The van der Waals surface area contributed by atoms with Gasteiger partial charge in [0.15, 0.2) is 0 Å². The first kappa shape index (κ1) is 39.7. The van der Waals surface area contributed by atoms with Crippen molar-refractivity contribution in [1.82, 2.24) is 29.5 Å². The van der Waals surface area contributed by atoms with Gasteiger partial charge in [0.2, 0.25) is 6.41 Å². The van der Waals surface area contributed by atoms with E-state index in [-0.39, 0.29) is 23.7 Å². The number of likely N-dealkylation sites (N-methyl/N-ethyl adjacent to an activating group) is 1. The van der Waals surface area contributed by atoms with E-state index in [1.165, 1.54) is 18.5 Å². The van der Waals surface area contributed by atoms with Gasteiger partial charge in [0, 0.05) is 54.2 Å². The predicted octanol–water partition coefficient (Wildman–Crippen LogP) is 9.06. The fourth-order valence-corrected chi connectivity index (χ4v) is 6.78. The number of halogens is 2. The van der Waals surface area contributed by atoms with Crippen LogP contribution in [0.25, 0.3) is 22.5 Å². The molecule has 284 valence electrons. The number of nitrogens with one attached hydrogen (secondary N) is 1. The molecule has 5 aromatic rings. The van der Waals surface area contributed by atoms with Crippen molar-refractivity contribution in [3.63, 3.8) is 0 Å². The standard InChI is InChI=1S/C34H40FN5O2.C7H5FN2.C2H6/c1-5-7-33-32-21-27(35)22-36-34(32)40(24(2)39(33)29-14-12-28(13-15-29)37-23-41)30-9-6-8-26(20-30)25-10-16-31(17-11-25)42-19-18-38(3)4;8-6-1-2-7-9-3-4-10(7)5-6;1-2/h6-11,16-17,20-23,28-29H,2,5,12-15,18-19H2,1,3-4H3,(H,37,41);1-5H;1-2H3/b33-7+;;. The molecule has 9 nitrogen and oxygen atoms in total. The van der Waals surface area contributed by atoms with Gasteiger partial charge in [0.05, 0.1) is 6.20 Å². The summed E-state index contributed by atoms with van der Waals surface area (Å²) in [6, 6.07) is 21.4. The highest BCUT2D eigenvalue weighted by Crippen LogP contribution is 2.46. The summed E-state index contributed by atoms with van der Waals surface area (Å²) in [4.78, 5) is 26.0. The van der Waals surface area contributed by atoms with Crippen molar-refractivity contribution in [1.29, 1.82) is 0 Å². The number of nitrogens with zero attached hydrogens (tertiary/aromatic N) is 6. The smallest absolute Gasteiger partial charge is 0.207 e. The lowest BCUT2D eigenvalue weighted by atomic mass is 9.88. The average Bonchev–Trinajstić information content (AvgIpc) is 3.65. The maximum atomic E-state index is 14.7. The number of fused-ring (bicyclic) bond motifs is 2. The number of anilines is 2. The molecule has 1 fully saturated rings. The SMILES string of the molecule is C=C1N(c2cccc(-c3ccc(OCCN(C)C)cc3)c2)c2ncc(F)cc2/C(=C\CC)N1C1CCC(NC=O)CC1.CC.Fc1ccc2nccn2c1. The molecule has 7 rings (SSSR count). The largest absolute Gasteiger partial charge is 0.492 e. The van der Waals surface area contributed by atoms with E-state index < -0.39 is 0 Å². The van der Waals surface area contributed by atoms with Crippen LogP contribution in [0.15, 0.2) is 110 Å². The number of hydrogen-bond donors (Lipinski definition) is 1. The third kappa shape index (κ3) is 9.51. The number of benzene rings is 2. The minimum Gasteiger partial charge on any atom is -0.492 e. The normalized spacial score (nSPS) is 17.3. The van der Waals surface area contributed by atoms with Crippen molar-refractivity contribution in [2.45, 2.75) is 65.0 Å². The molecule has 1 aliphatic carbocycles. The zero-order chi connectivity index (χ0) is 38.6. The highest BCUT2D eigenvalue weighted by atomic mass is 19.1. The van der Waals surface area contributed by atoms with Crippen LogP contribution in [0.2, 0.25) is 0 Å². The number of allylic oxidation sites excluding steroid dienone is 1. The zero-order valence-electron chi connectivity index (χ0n) is 31.9. The third-order valence-corrected chi connectivity index (χ3v) is 9.33. The van der Waals surface area contributed by atoms with Crippen LogP contribution in [-0.2, 0) is 4.79 Å². The molecular formula is C43H51F2N7O2. The molecule has 1 saturated carbocycles. The first-order chi connectivity index (χ1) is 26.2. The monoisotopic (exact) mass is 735 g/mol. The summed E-state index contributed by atoms with van der Waals surface area (Å²) in [6.07, 6.45) is 13.3. The van der Waals surface area contributed by atoms with E-state index in [0.717, 1.165) is 90.4 Å². The van der Waals surface area contributed by atoms with Crippen LogP contribution in [0.5, 0.6) is 5.75 Å². The molecule has 0 spiro atoms. The summed E-state index contributed by atoms with van der Waals surface area (Å²) in [5.41, 5.74) is 5.47. The lowest BCUT2D eigenvalue weighted by molar-refractivity contribution is -0.110. The molecule has 2 aromatic carbocycles. The van der Waals surface area contributed by atoms with Crippen molar-refractivity contribution in [3.05, 3.63) is 127 Å². The van der Waals surface area contributed by atoms with Gasteiger partial charge in [0.1, 0.15) is 41.3 Å². The van der Waals surface area contributed by atoms with E-state index in [1.807, 2.05) is 57.1 Å². The maximum Gasteiger partial charge on any atom is 0.207 e. The van der Waals surface area contributed by atoms with E-state index in [9.17, 15) is 13.6 Å². The second-order valence-electron chi connectivity index (χ2n) is 13.2. The molecule has 0 unspecified atom stereocenters. The van der Waals surface area contributed by atoms with Crippen LogP contribution in [0.1, 0.15) is 58.4 Å². The van der Waals surface area contributed by atoms with E-state index in [4.69, 9.17) is 4.74 Å². The van der Waals surface area contributed by atoms with Crippen molar-refractivity contribution < 1.29 is 18.3 Å². The second-order valence-corrected chi connectivity index (χ2v) is 13.2. The number of carbonyl (C=O) groups is 1.